The zero-order valence-electron chi connectivity index (χ0n) is 9.99. The maximum atomic E-state index is 12.6. The lowest BCUT2D eigenvalue weighted by Gasteiger charge is -2.27. The van der Waals surface area contributed by atoms with E-state index in [0.717, 1.165) is 6.07 Å². The van der Waals surface area contributed by atoms with Crippen LogP contribution in [-0.4, -0.2) is 38.9 Å². The molecule has 0 spiro atoms. The average molecular weight is 281 g/mol. The second kappa shape index (κ2) is 5.55. The minimum Gasteiger partial charge on any atom is -0.394 e. The van der Waals surface area contributed by atoms with Crippen LogP contribution in [0.1, 0.15) is 12.7 Å². The number of aliphatic hydroxyl groups excluding tert-OH is 2. The van der Waals surface area contributed by atoms with E-state index in [0.29, 0.717) is 0 Å². The topological polar surface area (TPSA) is 116 Å². The van der Waals surface area contributed by atoms with Crippen LogP contribution < -0.4 is 16.6 Å². The highest BCUT2D eigenvalue weighted by molar-refractivity contribution is 5.48. The highest BCUT2D eigenvalue weighted by Gasteiger charge is 2.36. The Balaban J connectivity index is 3.14. The molecule has 0 atom stereocenters. The second-order valence-corrected chi connectivity index (χ2v) is 4.11. The Kier molecular flexibility index (Phi) is 4.50. The van der Waals surface area contributed by atoms with Gasteiger partial charge in [0.05, 0.1) is 18.8 Å². The number of nitrogens with two attached hydrogens (primary N) is 1. The number of rotatable bonds is 5. The van der Waals surface area contributed by atoms with E-state index in [-0.39, 0.29) is 11.6 Å². The lowest BCUT2D eigenvalue weighted by molar-refractivity contribution is -0.144. The third kappa shape index (κ3) is 3.91. The SMILES string of the molecule is CC(CO)(CO)Nc1cc(NN)nc(C(F)(F)F)n1. The first-order valence-electron chi connectivity index (χ1n) is 5.17. The quantitative estimate of drug-likeness (QED) is 0.379. The Morgan fingerprint density at radius 1 is 1.21 bits per heavy atom. The third-order valence-electron chi connectivity index (χ3n) is 2.26. The summed E-state index contributed by atoms with van der Waals surface area (Å²) in [6, 6.07) is 1.12. The van der Waals surface area contributed by atoms with Gasteiger partial charge in [-0.2, -0.15) is 13.2 Å². The molecule has 0 amide bonds. The van der Waals surface area contributed by atoms with Crippen LogP contribution >= 0.6 is 0 Å². The number of halogens is 3. The van der Waals surface area contributed by atoms with Gasteiger partial charge in [0.15, 0.2) is 0 Å². The normalized spacial score (nSPS) is 12.4. The predicted molar refractivity (Wildman–Crippen MR) is 61.0 cm³/mol. The molecule has 1 heterocycles. The molecule has 19 heavy (non-hydrogen) atoms. The Hall–Kier alpha value is -1.65. The number of aliphatic hydroxyl groups is 2. The van der Waals surface area contributed by atoms with E-state index >= 15 is 0 Å². The maximum Gasteiger partial charge on any atom is 0.451 e. The fourth-order valence-corrected chi connectivity index (χ4v) is 1.15. The molecular weight excluding hydrogens is 267 g/mol. The van der Waals surface area contributed by atoms with Crippen molar-refractivity contribution in [1.82, 2.24) is 9.97 Å². The molecule has 0 unspecified atom stereocenters. The van der Waals surface area contributed by atoms with Crippen molar-refractivity contribution in [2.24, 2.45) is 5.84 Å². The number of hydrogen-bond donors (Lipinski definition) is 5. The molecule has 10 heteroatoms. The lowest BCUT2D eigenvalue weighted by atomic mass is 10.1. The minimum absolute atomic E-state index is 0.221. The molecule has 0 aliphatic rings. The highest BCUT2D eigenvalue weighted by atomic mass is 19.4. The van der Waals surface area contributed by atoms with Crippen molar-refractivity contribution in [3.63, 3.8) is 0 Å². The van der Waals surface area contributed by atoms with Crippen molar-refractivity contribution in [1.29, 1.82) is 0 Å². The van der Waals surface area contributed by atoms with Crippen LogP contribution in [0, 0.1) is 0 Å². The molecule has 0 aromatic carbocycles. The Morgan fingerprint density at radius 3 is 2.16 bits per heavy atom. The van der Waals surface area contributed by atoms with Crippen molar-refractivity contribution < 1.29 is 23.4 Å². The summed E-state index contributed by atoms with van der Waals surface area (Å²) in [5.41, 5.74) is 0.766. The molecule has 108 valence electrons. The van der Waals surface area contributed by atoms with E-state index in [1.807, 2.05) is 5.43 Å². The summed E-state index contributed by atoms with van der Waals surface area (Å²) >= 11 is 0. The predicted octanol–water partition coefficient (Wildman–Crippen LogP) is -0.0638. The molecule has 1 rings (SSSR count). The summed E-state index contributed by atoms with van der Waals surface area (Å²) in [5, 5.41) is 20.6. The minimum atomic E-state index is -4.74. The molecule has 7 nitrogen and oxygen atoms in total. The van der Waals surface area contributed by atoms with Crippen molar-refractivity contribution in [2.75, 3.05) is 24.0 Å². The van der Waals surface area contributed by atoms with Crippen LogP contribution in [0.3, 0.4) is 0 Å². The van der Waals surface area contributed by atoms with Gasteiger partial charge in [-0.3, -0.25) is 0 Å². The van der Waals surface area contributed by atoms with Gasteiger partial charge in [0.2, 0.25) is 5.82 Å². The number of nitrogen functional groups attached to an aromatic ring is 1. The summed E-state index contributed by atoms with van der Waals surface area (Å²) in [5.74, 6) is 3.17. The van der Waals surface area contributed by atoms with E-state index in [2.05, 4.69) is 15.3 Å². The van der Waals surface area contributed by atoms with Crippen LogP contribution in [0.2, 0.25) is 0 Å². The summed E-state index contributed by atoms with van der Waals surface area (Å²) in [4.78, 5) is 6.44. The number of nitrogens with one attached hydrogen (secondary N) is 2. The molecule has 1 aromatic rings. The molecule has 0 bridgehead atoms. The first-order chi connectivity index (χ1) is 8.74. The summed E-state index contributed by atoms with van der Waals surface area (Å²) in [6.45, 7) is 0.415. The summed E-state index contributed by atoms with van der Waals surface area (Å²) in [7, 11) is 0. The van der Waals surface area contributed by atoms with Crippen molar-refractivity contribution in [3.8, 4) is 0 Å². The van der Waals surface area contributed by atoms with E-state index < -0.39 is 30.8 Å². The van der Waals surface area contributed by atoms with Gasteiger partial charge in [0.25, 0.3) is 0 Å². The molecule has 0 aliphatic heterocycles. The number of nitrogens with zero attached hydrogens (tertiary/aromatic N) is 2. The van der Waals surface area contributed by atoms with Gasteiger partial charge in [-0.05, 0) is 6.92 Å². The van der Waals surface area contributed by atoms with Crippen molar-refractivity contribution in [3.05, 3.63) is 11.9 Å². The Morgan fingerprint density at radius 2 is 1.74 bits per heavy atom. The smallest absolute Gasteiger partial charge is 0.394 e. The van der Waals surface area contributed by atoms with Crippen molar-refractivity contribution >= 4 is 11.6 Å². The first kappa shape index (κ1) is 15.4. The molecule has 6 N–H and O–H groups in total. The van der Waals surface area contributed by atoms with E-state index in [4.69, 9.17) is 16.1 Å². The van der Waals surface area contributed by atoms with Crippen molar-refractivity contribution in [2.45, 2.75) is 18.6 Å². The molecule has 0 radical (unpaired) electrons. The van der Waals surface area contributed by atoms with Gasteiger partial charge >= 0.3 is 6.18 Å². The monoisotopic (exact) mass is 281 g/mol. The Bertz CT molecular complexity index is 436. The number of alkyl halides is 3. The lowest BCUT2D eigenvalue weighted by Crippen LogP contribution is -2.43. The van der Waals surface area contributed by atoms with Crippen LogP contribution in [0.25, 0.3) is 0 Å². The molecule has 0 saturated carbocycles. The maximum absolute atomic E-state index is 12.6. The molecule has 0 fully saturated rings. The first-order valence-corrected chi connectivity index (χ1v) is 5.17. The molecule has 0 aliphatic carbocycles. The number of anilines is 2. The zero-order valence-corrected chi connectivity index (χ0v) is 9.99. The van der Waals surface area contributed by atoms with E-state index in [1.165, 1.54) is 6.92 Å². The van der Waals surface area contributed by atoms with E-state index in [9.17, 15) is 13.2 Å². The third-order valence-corrected chi connectivity index (χ3v) is 2.26. The fraction of sp³-hybridized carbons (Fsp3) is 0.556. The highest BCUT2D eigenvalue weighted by Crippen LogP contribution is 2.28. The van der Waals surface area contributed by atoms with Gasteiger partial charge in [-0.25, -0.2) is 15.8 Å². The molecule has 0 saturated heterocycles. The van der Waals surface area contributed by atoms with Gasteiger partial charge < -0.3 is 21.0 Å². The van der Waals surface area contributed by atoms with Gasteiger partial charge in [-0.1, -0.05) is 0 Å². The van der Waals surface area contributed by atoms with Crippen LogP contribution in [0.4, 0.5) is 24.8 Å². The molecular formula is C9H14F3N5O2. The molecule has 1 aromatic heterocycles. The largest absolute Gasteiger partial charge is 0.451 e. The number of aromatic nitrogens is 2. The van der Waals surface area contributed by atoms with Crippen LogP contribution in [0.15, 0.2) is 6.07 Å². The average Bonchev–Trinajstić information content (AvgIpc) is 2.37. The zero-order chi connectivity index (χ0) is 14.7. The van der Waals surface area contributed by atoms with Crippen LogP contribution in [0.5, 0.6) is 0 Å². The van der Waals surface area contributed by atoms with Gasteiger partial charge in [0.1, 0.15) is 11.6 Å². The van der Waals surface area contributed by atoms with Gasteiger partial charge in [-0.15, -0.1) is 0 Å². The van der Waals surface area contributed by atoms with Crippen LogP contribution in [-0.2, 0) is 6.18 Å². The number of hydrogen-bond acceptors (Lipinski definition) is 7. The van der Waals surface area contributed by atoms with E-state index in [1.54, 1.807) is 0 Å². The second-order valence-electron chi connectivity index (χ2n) is 4.11. The standard InChI is InChI=1S/C9H14F3N5O2/c1-8(3-18,4-19)16-5-2-6(17-13)15-7(14-5)9(10,11)12/h2,18-19H,3-4,13H2,1H3,(H2,14,15,16,17). The number of hydrazine groups is 1. The summed E-state index contributed by atoms with van der Waals surface area (Å²) in [6.07, 6.45) is -4.74. The van der Waals surface area contributed by atoms with Gasteiger partial charge in [0, 0.05) is 6.07 Å². The fourth-order valence-electron chi connectivity index (χ4n) is 1.15. The Labute approximate surface area is 106 Å². The summed E-state index contributed by atoms with van der Waals surface area (Å²) < 4.78 is 37.7.